The average Bonchev–Trinajstić information content (AvgIpc) is 3.18. The number of ether oxygens (including phenoxy) is 2. The van der Waals surface area contributed by atoms with Crippen molar-refractivity contribution in [3.8, 4) is 17.6 Å². The highest BCUT2D eigenvalue weighted by Gasteiger charge is 2.21. The van der Waals surface area contributed by atoms with Crippen LogP contribution in [-0.2, 0) is 12.8 Å². The highest BCUT2D eigenvalue weighted by atomic mass is 35.5. The lowest BCUT2D eigenvalue weighted by Crippen LogP contribution is -2.11. The van der Waals surface area contributed by atoms with Gasteiger partial charge in [-0.25, -0.2) is 18.6 Å². The second kappa shape index (κ2) is 9.69. The van der Waals surface area contributed by atoms with Crippen LogP contribution in [0.25, 0.3) is 0 Å². The molecule has 0 N–H and O–H groups in total. The number of carbonyl (C=O) groups excluding carboxylic acids is 1. The number of nitriles is 1. The van der Waals surface area contributed by atoms with Crippen molar-refractivity contribution in [2.24, 2.45) is 4.99 Å². The number of aryl methyl sites for hydroxylation is 1. The topological polar surface area (TPSA) is 71.7 Å². The summed E-state index contributed by atoms with van der Waals surface area (Å²) in [6.07, 6.45) is 5.68. The molecule has 0 atom stereocenters. The minimum atomic E-state index is -1.21. The van der Waals surface area contributed by atoms with Gasteiger partial charge in [0.2, 0.25) is 0 Å². The van der Waals surface area contributed by atoms with Gasteiger partial charge in [-0.2, -0.15) is 5.26 Å². The molecule has 0 saturated carbocycles. The quantitative estimate of drug-likeness (QED) is 0.181. The van der Waals surface area contributed by atoms with Crippen LogP contribution < -0.4 is 9.47 Å². The van der Waals surface area contributed by atoms with Crippen LogP contribution >= 0.6 is 22.9 Å². The minimum Gasteiger partial charge on any atom is -0.493 e. The molecule has 2 aromatic carbocycles. The number of esters is 1. The van der Waals surface area contributed by atoms with Crippen LogP contribution in [0.5, 0.6) is 11.5 Å². The monoisotopic (exact) mass is 486 g/mol. The molecular weight excluding hydrogens is 470 g/mol. The summed E-state index contributed by atoms with van der Waals surface area (Å²) < 4.78 is 37.4. The van der Waals surface area contributed by atoms with Crippen molar-refractivity contribution >= 4 is 40.1 Å². The molecule has 0 unspecified atom stereocenters. The number of fused-ring (bicyclic) bond motifs is 1. The predicted octanol–water partition coefficient (Wildman–Crippen LogP) is 6.41. The van der Waals surface area contributed by atoms with E-state index in [1.807, 2.05) is 0 Å². The summed E-state index contributed by atoms with van der Waals surface area (Å²) in [6.45, 7) is 0. The summed E-state index contributed by atoms with van der Waals surface area (Å²) in [4.78, 5) is 18.2. The van der Waals surface area contributed by atoms with E-state index >= 15 is 0 Å². The number of nitrogens with zero attached hydrogens (tertiary/aromatic N) is 2. The molecule has 0 saturated heterocycles. The Morgan fingerprint density at radius 1 is 1.18 bits per heavy atom. The maximum absolute atomic E-state index is 13.5. The van der Waals surface area contributed by atoms with Gasteiger partial charge in [-0.05, 0) is 67.1 Å². The molecule has 1 aromatic heterocycles. The standard InChI is InChI=1S/C24H17ClF2N2O3S/c1-31-21-8-13(12-29-23-16(11-28)14-4-2-3-5-22(14)33-23)6-7-20(21)32-24(30)15-9-18(26)19(27)10-17(15)25/h6-10,12H,2-5H2,1H3/b29-12+. The minimum absolute atomic E-state index is 0.0738. The fourth-order valence-electron chi connectivity index (χ4n) is 3.57. The molecule has 0 fully saturated rings. The molecule has 168 valence electrons. The lowest BCUT2D eigenvalue weighted by Gasteiger charge is -2.11. The van der Waals surface area contributed by atoms with E-state index in [1.54, 1.807) is 18.3 Å². The van der Waals surface area contributed by atoms with Crippen molar-refractivity contribution in [2.45, 2.75) is 25.7 Å². The van der Waals surface area contributed by atoms with Crippen molar-refractivity contribution in [3.63, 3.8) is 0 Å². The van der Waals surface area contributed by atoms with Crippen LogP contribution in [0.15, 0.2) is 35.3 Å². The van der Waals surface area contributed by atoms with Crippen LogP contribution in [0.4, 0.5) is 13.8 Å². The molecule has 5 nitrogen and oxygen atoms in total. The number of rotatable bonds is 5. The Morgan fingerprint density at radius 2 is 1.94 bits per heavy atom. The summed E-state index contributed by atoms with van der Waals surface area (Å²) in [5, 5.41) is 9.97. The zero-order valence-corrected chi connectivity index (χ0v) is 19.0. The Balaban J connectivity index is 1.57. The molecule has 33 heavy (non-hydrogen) atoms. The van der Waals surface area contributed by atoms with E-state index in [4.69, 9.17) is 21.1 Å². The zero-order valence-electron chi connectivity index (χ0n) is 17.5. The fourth-order valence-corrected chi connectivity index (χ4v) is 4.98. The van der Waals surface area contributed by atoms with Gasteiger partial charge in [0.25, 0.3) is 0 Å². The second-order valence-electron chi connectivity index (χ2n) is 7.31. The first kappa shape index (κ1) is 22.9. The first-order valence-corrected chi connectivity index (χ1v) is 11.2. The third kappa shape index (κ3) is 4.75. The zero-order chi connectivity index (χ0) is 23.5. The number of aliphatic imine (C=N–C) groups is 1. The molecule has 0 radical (unpaired) electrons. The molecule has 9 heteroatoms. The molecule has 1 aliphatic rings. The third-order valence-electron chi connectivity index (χ3n) is 5.22. The molecular formula is C24H17ClF2N2O3S. The fraction of sp³-hybridized carbons (Fsp3) is 0.208. The highest BCUT2D eigenvalue weighted by molar-refractivity contribution is 7.16. The number of halogens is 3. The Kier molecular flexibility index (Phi) is 6.72. The van der Waals surface area contributed by atoms with E-state index in [2.05, 4.69) is 11.1 Å². The van der Waals surface area contributed by atoms with Gasteiger partial charge in [0, 0.05) is 11.1 Å². The van der Waals surface area contributed by atoms with Gasteiger partial charge in [-0.3, -0.25) is 0 Å². The van der Waals surface area contributed by atoms with Crippen LogP contribution in [0.1, 0.15) is 44.8 Å². The number of carbonyl (C=O) groups is 1. The van der Waals surface area contributed by atoms with Crippen molar-refractivity contribution < 1.29 is 23.0 Å². The number of benzene rings is 2. The molecule has 3 aromatic rings. The highest BCUT2D eigenvalue weighted by Crippen LogP contribution is 2.39. The van der Waals surface area contributed by atoms with E-state index in [0.717, 1.165) is 31.2 Å². The number of thiophene rings is 1. The molecule has 0 bridgehead atoms. The molecule has 1 heterocycles. The van der Waals surface area contributed by atoms with Gasteiger partial charge in [-0.15, -0.1) is 11.3 Å². The molecule has 0 spiro atoms. The van der Waals surface area contributed by atoms with Crippen LogP contribution in [0.2, 0.25) is 5.02 Å². The van der Waals surface area contributed by atoms with Crippen molar-refractivity contribution in [1.29, 1.82) is 5.26 Å². The summed E-state index contributed by atoms with van der Waals surface area (Å²) >= 11 is 7.38. The van der Waals surface area contributed by atoms with Crippen molar-refractivity contribution in [1.82, 2.24) is 0 Å². The van der Waals surface area contributed by atoms with Gasteiger partial charge in [-0.1, -0.05) is 11.6 Å². The number of methoxy groups -OCH3 is 1. The molecule has 0 aliphatic heterocycles. The molecule has 0 amide bonds. The Morgan fingerprint density at radius 3 is 2.70 bits per heavy atom. The maximum atomic E-state index is 13.5. The van der Waals surface area contributed by atoms with Crippen molar-refractivity contribution in [2.75, 3.05) is 7.11 Å². The lowest BCUT2D eigenvalue weighted by atomic mass is 9.96. The third-order valence-corrected chi connectivity index (χ3v) is 6.73. The first-order chi connectivity index (χ1) is 15.9. The van der Waals surface area contributed by atoms with Gasteiger partial charge < -0.3 is 9.47 Å². The smallest absolute Gasteiger partial charge is 0.345 e. The summed E-state index contributed by atoms with van der Waals surface area (Å²) in [5.74, 6) is -3.02. The van der Waals surface area contributed by atoms with E-state index in [-0.39, 0.29) is 22.1 Å². The van der Waals surface area contributed by atoms with Gasteiger partial charge in [0.05, 0.1) is 23.3 Å². The number of hydrogen-bond donors (Lipinski definition) is 0. The van der Waals surface area contributed by atoms with Crippen molar-refractivity contribution in [3.05, 3.63) is 74.1 Å². The maximum Gasteiger partial charge on any atom is 0.345 e. The normalized spacial score (nSPS) is 12.9. The Labute approximate surface area is 197 Å². The Bertz CT molecular complexity index is 1310. The first-order valence-electron chi connectivity index (χ1n) is 10.0. The van der Waals surface area contributed by atoms with E-state index in [9.17, 15) is 18.8 Å². The van der Waals surface area contributed by atoms with E-state index < -0.39 is 17.6 Å². The summed E-state index contributed by atoms with van der Waals surface area (Å²) in [7, 11) is 1.40. The average molecular weight is 487 g/mol. The predicted molar refractivity (Wildman–Crippen MR) is 122 cm³/mol. The van der Waals surface area contributed by atoms with E-state index in [1.165, 1.54) is 29.4 Å². The largest absolute Gasteiger partial charge is 0.493 e. The lowest BCUT2D eigenvalue weighted by molar-refractivity contribution is 0.0729. The van der Waals surface area contributed by atoms with Gasteiger partial charge in [0.1, 0.15) is 11.1 Å². The molecule has 4 rings (SSSR count). The Hall–Kier alpha value is -3.28. The summed E-state index contributed by atoms with van der Waals surface area (Å²) in [6, 6.07) is 8.43. The number of hydrogen-bond acceptors (Lipinski definition) is 6. The van der Waals surface area contributed by atoms with E-state index in [0.29, 0.717) is 28.3 Å². The van der Waals surface area contributed by atoms with Gasteiger partial charge >= 0.3 is 5.97 Å². The second-order valence-corrected chi connectivity index (χ2v) is 8.80. The van der Waals surface area contributed by atoms with Crippen LogP contribution in [0, 0.1) is 23.0 Å². The van der Waals surface area contributed by atoms with Gasteiger partial charge in [0.15, 0.2) is 23.1 Å². The SMILES string of the molecule is COc1cc(/C=N/c2sc3c(c2C#N)CCCC3)ccc1OC(=O)c1cc(F)c(F)cc1Cl. The molecule has 1 aliphatic carbocycles. The summed E-state index contributed by atoms with van der Waals surface area (Å²) in [5.41, 5.74) is 2.09. The van der Waals surface area contributed by atoms with Crippen LogP contribution in [0.3, 0.4) is 0 Å². The van der Waals surface area contributed by atoms with Crippen LogP contribution in [-0.4, -0.2) is 19.3 Å².